The van der Waals surface area contributed by atoms with Gasteiger partial charge in [0, 0.05) is 0 Å². The fraction of sp³-hybridized carbons (Fsp3) is 0.811. The molecule has 1 saturated heterocycles. The number of hydrogen-bond donors (Lipinski definition) is 8. The van der Waals surface area contributed by atoms with Gasteiger partial charge in [-0.15, -0.1) is 0 Å². The first-order valence-electron chi connectivity index (χ1n) is 18.4. The van der Waals surface area contributed by atoms with Crippen LogP contribution in [0.25, 0.3) is 0 Å². The van der Waals surface area contributed by atoms with Crippen molar-refractivity contribution in [2.45, 2.75) is 178 Å². The van der Waals surface area contributed by atoms with Crippen LogP contribution in [0.5, 0.6) is 0 Å². The monoisotopic (exact) mass is 685 g/mol. The predicted octanol–water partition coefficient (Wildman–Crippen LogP) is 3.71. The molecule has 11 heteroatoms. The number of unbranched alkanes of at least 4 members (excludes halogenated alkanes) is 11. The van der Waals surface area contributed by atoms with Crippen LogP contribution in [0.2, 0.25) is 0 Å². The van der Waals surface area contributed by atoms with E-state index in [-0.39, 0.29) is 12.8 Å². The molecule has 0 aliphatic carbocycles. The third-order valence-electron chi connectivity index (χ3n) is 8.69. The molecule has 9 atom stereocenters. The molecule has 0 saturated carbocycles. The summed E-state index contributed by atoms with van der Waals surface area (Å²) in [5, 5.41) is 74.8. The molecule has 1 heterocycles. The molecule has 11 nitrogen and oxygen atoms in total. The van der Waals surface area contributed by atoms with Crippen LogP contribution in [0.1, 0.15) is 123 Å². The lowest BCUT2D eigenvalue weighted by Gasteiger charge is -2.40. The summed E-state index contributed by atoms with van der Waals surface area (Å²) in [7, 11) is 0. The zero-order valence-electron chi connectivity index (χ0n) is 29.5. The maximum atomic E-state index is 12.9. The van der Waals surface area contributed by atoms with Gasteiger partial charge in [0.1, 0.15) is 36.6 Å². The summed E-state index contributed by atoms with van der Waals surface area (Å²) < 4.78 is 11.0. The van der Waals surface area contributed by atoms with Gasteiger partial charge in [0.15, 0.2) is 6.29 Å². The quantitative estimate of drug-likeness (QED) is 0.0343. The fourth-order valence-electron chi connectivity index (χ4n) is 5.47. The largest absolute Gasteiger partial charge is 0.394 e. The highest BCUT2D eigenvalue weighted by Gasteiger charge is 2.44. The van der Waals surface area contributed by atoms with E-state index < -0.39 is 74.2 Å². The Bertz CT molecular complexity index is 882. The average Bonchev–Trinajstić information content (AvgIpc) is 3.08. The van der Waals surface area contributed by atoms with Crippen molar-refractivity contribution in [2.75, 3.05) is 13.2 Å². The number of ether oxygens (including phenoxy) is 2. The molecule has 0 bridgehead atoms. The number of nitrogens with one attached hydrogen (secondary N) is 1. The number of aliphatic hydroxyl groups excluding tert-OH is 7. The summed E-state index contributed by atoms with van der Waals surface area (Å²) in [6.45, 7) is 3.24. The Labute approximate surface area is 288 Å². The summed E-state index contributed by atoms with van der Waals surface area (Å²) in [5.74, 6) is -0.726. The first-order valence-corrected chi connectivity index (χ1v) is 18.4. The van der Waals surface area contributed by atoms with Crippen LogP contribution in [0.3, 0.4) is 0 Å². The molecule has 1 fully saturated rings. The van der Waals surface area contributed by atoms with Gasteiger partial charge in [-0.1, -0.05) is 102 Å². The summed E-state index contributed by atoms with van der Waals surface area (Å²) >= 11 is 0. The summed E-state index contributed by atoms with van der Waals surface area (Å²) in [6, 6.07) is -1.19. The average molecular weight is 686 g/mol. The second-order valence-electron chi connectivity index (χ2n) is 13.0. The van der Waals surface area contributed by atoms with Crippen LogP contribution >= 0.6 is 0 Å². The zero-order valence-corrected chi connectivity index (χ0v) is 29.5. The van der Waals surface area contributed by atoms with Crippen molar-refractivity contribution in [2.24, 2.45) is 0 Å². The molecular weight excluding hydrogens is 618 g/mol. The minimum atomic E-state index is -1.67. The van der Waals surface area contributed by atoms with E-state index in [0.29, 0.717) is 12.8 Å². The Kier molecular flexibility index (Phi) is 25.9. The smallest absolute Gasteiger partial charge is 0.249 e. The summed E-state index contributed by atoms with van der Waals surface area (Å²) in [5.41, 5.74) is 0. The Morgan fingerprint density at radius 1 is 0.729 bits per heavy atom. The molecule has 9 unspecified atom stereocenters. The Morgan fingerprint density at radius 3 is 1.96 bits per heavy atom. The maximum Gasteiger partial charge on any atom is 0.249 e. The third-order valence-corrected chi connectivity index (χ3v) is 8.69. The molecule has 280 valence electrons. The molecule has 1 amide bonds. The number of carbonyl (C=O) groups excluding carboxylic acids is 1. The van der Waals surface area contributed by atoms with E-state index in [1.807, 2.05) is 6.08 Å². The van der Waals surface area contributed by atoms with Gasteiger partial charge in [-0.2, -0.15) is 0 Å². The summed E-state index contributed by atoms with van der Waals surface area (Å²) in [4.78, 5) is 12.9. The van der Waals surface area contributed by atoms with E-state index in [4.69, 9.17) is 9.47 Å². The second-order valence-corrected chi connectivity index (χ2v) is 13.0. The number of carbonyl (C=O) groups is 1. The van der Waals surface area contributed by atoms with Gasteiger partial charge in [-0.25, -0.2) is 0 Å². The van der Waals surface area contributed by atoms with E-state index in [0.717, 1.165) is 64.2 Å². The molecule has 0 aromatic heterocycles. The van der Waals surface area contributed by atoms with Crippen molar-refractivity contribution < 1.29 is 50.0 Å². The first-order chi connectivity index (χ1) is 23.2. The van der Waals surface area contributed by atoms with Crippen LogP contribution in [0.15, 0.2) is 36.5 Å². The van der Waals surface area contributed by atoms with Crippen molar-refractivity contribution in [3.8, 4) is 0 Å². The molecule has 1 aliphatic heterocycles. The lowest BCUT2D eigenvalue weighted by Crippen LogP contribution is -2.60. The van der Waals surface area contributed by atoms with Gasteiger partial charge < -0.3 is 50.5 Å². The van der Waals surface area contributed by atoms with E-state index in [1.165, 1.54) is 19.3 Å². The Morgan fingerprint density at radius 2 is 1.31 bits per heavy atom. The van der Waals surface area contributed by atoms with Crippen LogP contribution in [-0.4, -0.2) is 110 Å². The molecule has 0 aromatic carbocycles. The molecule has 0 aromatic rings. The zero-order chi connectivity index (χ0) is 35.6. The Balaban J connectivity index is 2.59. The fourth-order valence-corrected chi connectivity index (χ4v) is 5.47. The Hall–Kier alpha value is -1.67. The molecule has 1 rings (SSSR count). The molecule has 0 radical (unpaired) electrons. The highest BCUT2D eigenvalue weighted by Crippen LogP contribution is 2.23. The van der Waals surface area contributed by atoms with Gasteiger partial charge in [0.2, 0.25) is 5.91 Å². The number of allylic oxidation sites excluding steroid dienone is 6. The topological polar surface area (TPSA) is 189 Å². The normalized spacial score (nSPS) is 24.4. The second kappa shape index (κ2) is 28.1. The van der Waals surface area contributed by atoms with E-state index in [2.05, 4.69) is 49.5 Å². The van der Waals surface area contributed by atoms with E-state index in [1.54, 1.807) is 0 Å². The number of rotatable bonds is 28. The molecule has 8 N–H and O–H groups in total. The van der Waals surface area contributed by atoms with Crippen molar-refractivity contribution >= 4 is 5.91 Å². The lowest BCUT2D eigenvalue weighted by molar-refractivity contribution is -0.303. The van der Waals surface area contributed by atoms with Gasteiger partial charge in [-0.3, -0.25) is 4.79 Å². The molecule has 0 spiro atoms. The van der Waals surface area contributed by atoms with E-state index in [9.17, 15) is 40.5 Å². The highest BCUT2D eigenvalue weighted by atomic mass is 16.7. The van der Waals surface area contributed by atoms with Crippen LogP contribution in [0.4, 0.5) is 0 Å². The molecule has 1 aliphatic rings. The number of amides is 1. The van der Waals surface area contributed by atoms with E-state index >= 15 is 0 Å². The van der Waals surface area contributed by atoms with Crippen molar-refractivity contribution in [1.82, 2.24) is 5.32 Å². The summed E-state index contributed by atoms with van der Waals surface area (Å²) in [6.07, 6.45) is 16.7. The van der Waals surface area contributed by atoms with Crippen molar-refractivity contribution in [3.63, 3.8) is 0 Å². The van der Waals surface area contributed by atoms with Gasteiger partial charge in [-0.05, 0) is 57.8 Å². The highest BCUT2D eigenvalue weighted by molar-refractivity contribution is 5.80. The predicted molar refractivity (Wildman–Crippen MR) is 187 cm³/mol. The standard InChI is InChI=1S/C37H67NO10/c1-3-5-7-9-11-12-13-14-15-16-17-19-21-23-25-30(41)36(46)38-28(32(42)29(40)24-22-20-18-10-8-6-4-2)27-47-37-35(45)34(44)33(43)31(26-39)48-37/h10-14,18,28-35,37,39-45H,3-9,15-17,19-27H2,1-2H3,(H,38,46)/b12-11-,14-13-,18-10+. The van der Waals surface area contributed by atoms with Crippen LogP contribution in [0, 0.1) is 0 Å². The lowest BCUT2D eigenvalue weighted by atomic mass is 9.98. The van der Waals surface area contributed by atoms with Gasteiger partial charge in [0.05, 0.1) is 25.4 Å². The minimum absolute atomic E-state index is 0.234. The molecular formula is C37H67NO10. The SMILES string of the molecule is CCCC/C=C/CCCC(O)C(O)C(COC1OC(CO)C(O)C(O)C1O)NC(=O)C(O)CCCCCCC/C=C\C=C/CCCCC. The van der Waals surface area contributed by atoms with Crippen LogP contribution < -0.4 is 5.32 Å². The first kappa shape index (κ1) is 44.4. The van der Waals surface area contributed by atoms with Crippen molar-refractivity contribution in [1.29, 1.82) is 0 Å². The van der Waals surface area contributed by atoms with Crippen LogP contribution in [-0.2, 0) is 14.3 Å². The third kappa shape index (κ3) is 18.9. The number of hydrogen-bond acceptors (Lipinski definition) is 10. The van der Waals surface area contributed by atoms with Gasteiger partial charge in [0.25, 0.3) is 0 Å². The van der Waals surface area contributed by atoms with Crippen molar-refractivity contribution in [3.05, 3.63) is 36.5 Å². The maximum absolute atomic E-state index is 12.9. The van der Waals surface area contributed by atoms with Gasteiger partial charge >= 0.3 is 0 Å². The number of aliphatic hydroxyl groups is 7. The molecule has 48 heavy (non-hydrogen) atoms. The minimum Gasteiger partial charge on any atom is -0.394 e.